The molecule has 0 saturated carbocycles. The largest absolute Gasteiger partial charge is 0.329 e. The molecule has 62 valence electrons. The fraction of sp³-hybridized carbons (Fsp3) is 1.00. The van der Waals surface area contributed by atoms with E-state index in [0.717, 1.165) is 11.8 Å². The topological polar surface area (TPSA) is 26.0 Å². The van der Waals surface area contributed by atoms with Crippen LogP contribution in [-0.2, 0) is 0 Å². The van der Waals surface area contributed by atoms with Crippen LogP contribution in [0, 0.1) is 0 Å². The lowest BCUT2D eigenvalue weighted by Crippen LogP contribution is -2.28. The highest BCUT2D eigenvalue weighted by Gasteiger charge is 2.18. The summed E-state index contributed by atoms with van der Waals surface area (Å²) in [6.45, 7) is 9.63. The Morgan fingerprint density at radius 2 is 2.00 bits per heavy atom. The van der Waals surface area contributed by atoms with Gasteiger partial charge in [-0.3, -0.25) is 0 Å². The van der Waals surface area contributed by atoms with E-state index in [2.05, 4.69) is 27.7 Å². The Labute approximate surface area is 68.8 Å². The maximum Gasteiger partial charge on any atom is 0.0228 e. The predicted molar refractivity (Wildman–Crippen MR) is 50.5 cm³/mol. The van der Waals surface area contributed by atoms with Gasteiger partial charge in [-0.1, -0.05) is 13.8 Å². The first kappa shape index (κ1) is 10.3. The Morgan fingerprint density at radius 3 is 2.30 bits per heavy atom. The molecule has 0 spiro atoms. The summed E-state index contributed by atoms with van der Waals surface area (Å²) in [5.74, 6) is 0. The van der Waals surface area contributed by atoms with Crippen molar-refractivity contribution in [2.45, 2.75) is 44.1 Å². The number of rotatable bonds is 4. The molecule has 0 aliphatic rings. The molecule has 0 fully saturated rings. The Hall–Kier alpha value is 0.310. The van der Waals surface area contributed by atoms with E-state index in [4.69, 9.17) is 5.73 Å². The minimum atomic E-state index is 0.259. The van der Waals surface area contributed by atoms with Crippen LogP contribution in [0.5, 0.6) is 0 Å². The maximum absolute atomic E-state index is 5.59. The van der Waals surface area contributed by atoms with Gasteiger partial charge in [-0.25, -0.2) is 0 Å². The van der Waals surface area contributed by atoms with E-state index < -0.39 is 0 Å². The number of hydrogen-bond donors (Lipinski definition) is 1. The first-order valence-electron chi connectivity index (χ1n) is 3.89. The molecule has 1 atom stereocenters. The van der Waals surface area contributed by atoms with E-state index in [1.807, 2.05) is 11.8 Å². The van der Waals surface area contributed by atoms with E-state index >= 15 is 0 Å². The first-order valence-corrected chi connectivity index (χ1v) is 4.77. The second kappa shape index (κ2) is 4.24. The van der Waals surface area contributed by atoms with Crippen molar-refractivity contribution in [3.63, 3.8) is 0 Å². The van der Waals surface area contributed by atoms with Crippen LogP contribution in [0.2, 0.25) is 0 Å². The summed E-state index contributed by atoms with van der Waals surface area (Å²) < 4.78 is 0.259. The summed E-state index contributed by atoms with van der Waals surface area (Å²) in [4.78, 5) is 0. The van der Waals surface area contributed by atoms with Gasteiger partial charge >= 0.3 is 0 Å². The lowest BCUT2D eigenvalue weighted by atomic mass is 10.2. The highest BCUT2D eigenvalue weighted by atomic mass is 32.2. The van der Waals surface area contributed by atoms with Gasteiger partial charge in [0.1, 0.15) is 0 Å². The number of hydrogen-bond acceptors (Lipinski definition) is 2. The maximum atomic E-state index is 5.59. The van der Waals surface area contributed by atoms with Crippen molar-refractivity contribution >= 4 is 11.8 Å². The molecule has 0 aliphatic carbocycles. The third kappa shape index (κ3) is 4.18. The lowest BCUT2D eigenvalue weighted by Gasteiger charge is -2.25. The number of nitrogens with two attached hydrogens (primary N) is 1. The van der Waals surface area contributed by atoms with Crippen molar-refractivity contribution < 1.29 is 0 Å². The monoisotopic (exact) mass is 161 g/mol. The second-order valence-electron chi connectivity index (χ2n) is 3.30. The van der Waals surface area contributed by atoms with Crippen molar-refractivity contribution in [2.24, 2.45) is 5.73 Å². The van der Waals surface area contributed by atoms with Crippen LogP contribution in [0.3, 0.4) is 0 Å². The molecule has 2 heteroatoms. The van der Waals surface area contributed by atoms with Gasteiger partial charge in [0.15, 0.2) is 0 Å². The van der Waals surface area contributed by atoms with Crippen LogP contribution < -0.4 is 5.73 Å². The SMILES string of the molecule is CCC(C)SC(C)(C)CN. The molecule has 0 aliphatic heterocycles. The molecule has 0 bridgehead atoms. The van der Waals surface area contributed by atoms with Crippen molar-refractivity contribution in [3.8, 4) is 0 Å². The van der Waals surface area contributed by atoms with Crippen molar-refractivity contribution in [3.05, 3.63) is 0 Å². The molecule has 0 aromatic rings. The molecule has 2 N–H and O–H groups in total. The Balaban J connectivity index is 3.64. The average molecular weight is 161 g/mol. The van der Waals surface area contributed by atoms with Gasteiger partial charge in [0.25, 0.3) is 0 Å². The Morgan fingerprint density at radius 1 is 1.50 bits per heavy atom. The molecule has 0 aromatic carbocycles. The van der Waals surface area contributed by atoms with Crippen molar-refractivity contribution in [1.82, 2.24) is 0 Å². The van der Waals surface area contributed by atoms with Crippen LogP contribution in [0.4, 0.5) is 0 Å². The molecule has 0 radical (unpaired) electrons. The van der Waals surface area contributed by atoms with E-state index in [-0.39, 0.29) is 4.75 Å². The van der Waals surface area contributed by atoms with Gasteiger partial charge in [0, 0.05) is 16.5 Å². The van der Waals surface area contributed by atoms with Gasteiger partial charge in [-0.15, -0.1) is 0 Å². The van der Waals surface area contributed by atoms with Crippen LogP contribution in [0.1, 0.15) is 34.1 Å². The van der Waals surface area contributed by atoms with Gasteiger partial charge in [-0.2, -0.15) is 11.8 Å². The molecular formula is C8H19NS. The highest BCUT2D eigenvalue weighted by Crippen LogP contribution is 2.28. The van der Waals surface area contributed by atoms with Crippen molar-refractivity contribution in [2.75, 3.05) is 6.54 Å². The van der Waals surface area contributed by atoms with E-state index in [0.29, 0.717) is 0 Å². The lowest BCUT2D eigenvalue weighted by molar-refractivity contribution is 0.713. The Kier molecular flexibility index (Phi) is 4.37. The van der Waals surface area contributed by atoms with Gasteiger partial charge < -0.3 is 5.73 Å². The van der Waals surface area contributed by atoms with Crippen LogP contribution in [-0.4, -0.2) is 16.5 Å². The summed E-state index contributed by atoms with van der Waals surface area (Å²) in [6, 6.07) is 0. The van der Waals surface area contributed by atoms with Gasteiger partial charge in [-0.05, 0) is 20.3 Å². The molecule has 10 heavy (non-hydrogen) atoms. The number of thioether (sulfide) groups is 1. The summed E-state index contributed by atoms with van der Waals surface area (Å²) in [5.41, 5.74) is 5.59. The molecule has 1 nitrogen and oxygen atoms in total. The molecule has 0 heterocycles. The molecule has 0 rings (SSSR count). The third-order valence-electron chi connectivity index (χ3n) is 1.59. The molecule has 0 amide bonds. The summed E-state index contributed by atoms with van der Waals surface area (Å²) >= 11 is 1.98. The molecule has 0 saturated heterocycles. The van der Waals surface area contributed by atoms with E-state index in [9.17, 15) is 0 Å². The zero-order valence-electron chi connectivity index (χ0n) is 7.48. The minimum Gasteiger partial charge on any atom is -0.329 e. The van der Waals surface area contributed by atoms with Crippen LogP contribution >= 0.6 is 11.8 Å². The molecule has 1 unspecified atom stereocenters. The standard InChI is InChI=1S/C8H19NS/c1-5-7(2)10-8(3,4)6-9/h7H,5-6,9H2,1-4H3. The second-order valence-corrected chi connectivity index (χ2v) is 5.45. The fourth-order valence-electron chi connectivity index (χ4n) is 0.676. The zero-order chi connectivity index (χ0) is 8.20. The molecule has 0 aromatic heterocycles. The van der Waals surface area contributed by atoms with Gasteiger partial charge in [0.05, 0.1) is 0 Å². The Bertz CT molecular complexity index is 91.3. The third-order valence-corrected chi connectivity index (χ3v) is 3.13. The average Bonchev–Trinajstić information content (AvgIpc) is 1.87. The van der Waals surface area contributed by atoms with E-state index in [1.165, 1.54) is 6.42 Å². The van der Waals surface area contributed by atoms with Crippen LogP contribution in [0.15, 0.2) is 0 Å². The van der Waals surface area contributed by atoms with Gasteiger partial charge in [0.2, 0.25) is 0 Å². The molecular weight excluding hydrogens is 142 g/mol. The zero-order valence-corrected chi connectivity index (χ0v) is 8.29. The minimum absolute atomic E-state index is 0.259. The van der Waals surface area contributed by atoms with Crippen LogP contribution in [0.25, 0.3) is 0 Å². The summed E-state index contributed by atoms with van der Waals surface area (Å²) in [5, 5.41) is 0.735. The summed E-state index contributed by atoms with van der Waals surface area (Å²) in [6.07, 6.45) is 1.23. The first-order chi connectivity index (χ1) is 4.52. The smallest absolute Gasteiger partial charge is 0.0228 e. The summed E-state index contributed by atoms with van der Waals surface area (Å²) in [7, 11) is 0. The predicted octanol–water partition coefficient (Wildman–Crippen LogP) is 2.26. The normalized spacial score (nSPS) is 15.3. The highest BCUT2D eigenvalue weighted by molar-refractivity contribution is 8.01. The van der Waals surface area contributed by atoms with Crippen molar-refractivity contribution in [1.29, 1.82) is 0 Å². The fourth-order valence-corrected chi connectivity index (χ4v) is 2.03. The van der Waals surface area contributed by atoms with E-state index in [1.54, 1.807) is 0 Å². The quantitative estimate of drug-likeness (QED) is 0.684.